The van der Waals surface area contributed by atoms with Crippen molar-refractivity contribution in [1.82, 2.24) is 4.90 Å². The lowest BCUT2D eigenvalue weighted by Crippen LogP contribution is -2.22. The van der Waals surface area contributed by atoms with Gasteiger partial charge in [0.25, 0.3) is 0 Å². The van der Waals surface area contributed by atoms with E-state index in [2.05, 4.69) is 18.7 Å². The lowest BCUT2D eigenvalue weighted by molar-refractivity contribution is 0.291. The van der Waals surface area contributed by atoms with Crippen LogP contribution in [0.4, 0.5) is 11.4 Å². The van der Waals surface area contributed by atoms with Gasteiger partial charge in [-0.3, -0.25) is 4.90 Å². The topological polar surface area (TPSA) is 122 Å². The van der Waals surface area contributed by atoms with Crippen molar-refractivity contribution >= 4 is 11.4 Å². The van der Waals surface area contributed by atoms with Gasteiger partial charge in [0, 0.05) is 35.6 Å². The number of phenols is 2. The number of hydrogen-bond acceptors (Lipinski definition) is 6. The number of aromatic hydroxyl groups is 2. The summed E-state index contributed by atoms with van der Waals surface area (Å²) in [4.78, 5) is 2.23. The van der Waals surface area contributed by atoms with Gasteiger partial charge in [0.2, 0.25) is 0 Å². The molecule has 6 nitrogen and oxygen atoms in total. The first-order chi connectivity index (χ1) is 11.4. The molecule has 0 unspecified atom stereocenters. The van der Waals surface area contributed by atoms with Crippen LogP contribution in [0.15, 0.2) is 36.4 Å². The van der Waals surface area contributed by atoms with Gasteiger partial charge in [-0.15, -0.1) is 0 Å². The van der Waals surface area contributed by atoms with Crippen molar-refractivity contribution in [2.45, 2.75) is 26.9 Å². The van der Waals surface area contributed by atoms with Crippen LogP contribution >= 0.6 is 0 Å². The highest BCUT2D eigenvalue weighted by Crippen LogP contribution is 2.21. The summed E-state index contributed by atoms with van der Waals surface area (Å²) in [7, 11) is 0. The molecule has 0 aliphatic heterocycles. The van der Waals surface area contributed by atoms with Crippen molar-refractivity contribution in [3.8, 4) is 11.5 Å². The first kappa shape index (κ1) is 19.6. The molecule has 2 aromatic carbocycles. The summed E-state index contributed by atoms with van der Waals surface area (Å²) in [6.45, 7) is 7.23. The summed E-state index contributed by atoms with van der Waals surface area (Å²) < 4.78 is 0. The standard InChI is InChI=1S/C11H18N2O.C7H10N2O/c1-3-13(4-2)8-9-7-10(12)5-6-11(9)14;8-4-5-3-6(9)1-2-7(5)10/h5-7,14H,3-4,8,12H2,1-2H3;1-3,10H,4,8-9H2. The van der Waals surface area contributed by atoms with Crippen LogP contribution < -0.4 is 17.2 Å². The molecule has 0 bridgehead atoms. The number of rotatable bonds is 5. The second-order valence-electron chi connectivity index (χ2n) is 5.44. The molecule has 2 aromatic rings. The van der Waals surface area contributed by atoms with Gasteiger partial charge < -0.3 is 27.4 Å². The first-order valence-corrected chi connectivity index (χ1v) is 7.98. The maximum Gasteiger partial charge on any atom is 0.120 e. The summed E-state index contributed by atoms with van der Waals surface area (Å²) in [5.41, 5.74) is 19.3. The molecule has 24 heavy (non-hydrogen) atoms. The highest BCUT2D eigenvalue weighted by atomic mass is 16.3. The smallest absolute Gasteiger partial charge is 0.120 e. The van der Waals surface area contributed by atoms with Crippen molar-refractivity contribution in [2.24, 2.45) is 5.73 Å². The van der Waals surface area contributed by atoms with E-state index in [0.717, 1.165) is 25.2 Å². The molecule has 0 radical (unpaired) electrons. The number of phenolic OH excluding ortho intramolecular Hbond substituents is 2. The SMILES string of the molecule is CCN(CC)Cc1cc(N)ccc1O.NCc1cc(N)ccc1O. The minimum absolute atomic E-state index is 0.205. The molecule has 132 valence electrons. The summed E-state index contributed by atoms with van der Waals surface area (Å²) in [5, 5.41) is 18.7. The maximum absolute atomic E-state index is 9.59. The third-order valence-corrected chi connectivity index (χ3v) is 3.72. The summed E-state index contributed by atoms with van der Waals surface area (Å²) in [6.07, 6.45) is 0. The fourth-order valence-corrected chi connectivity index (χ4v) is 2.19. The molecule has 2 rings (SSSR count). The highest BCUT2D eigenvalue weighted by Gasteiger charge is 2.05. The van der Waals surface area contributed by atoms with E-state index < -0.39 is 0 Å². The second-order valence-corrected chi connectivity index (χ2v) is 5.44. The van der Waals surface area contributed by atoms with Crippen molar-refractivity contribution in [3.05, 3.63) is 47.5 Å². The Kier molecular flexibility index (Phi) is 7.88. The Labute approximate surface area is 143 Å². The van der Waals surface area contributed by atoms with Gasteiger partial charge in [0.05, 0.1) is 0 Å². The van der Waals surface area contributed by atoms with E-state index in [1.807, 2.05) is 6.07 Å². The van der Waals surface area contributed by atoms with Gasteiger partial charge in [-0.2, -0.15) is 0 Å². The van der Waals surface area contributed by atoms with Gasteiger partial charge in [0.15, 0.2) is 0 Å². The molecule has 0 atom stereocenters. The minimum Gasteiger partial charge on any atom is -0.508 e. The van der Waals surface area contributed by atoms with Crippen LogP contribution in [-0.4, -0.2) is 28.2 Å². The zero-order valence-corrected chi connectivity index (χ0v) is 14.4. The predicted molar refractivity (Wildman–Crippen MR) is 99.6 cm³/mol. The van der Waals surface area contributed by atoms with Crippen molar-refractivity contribution in [3.63, 3.8) is 0 Å². The molecule has 0 aliphatic rings. The molecule has 0 saturated heterocycles. The van der Waals surface area contributed by atoms with Gasteiger partial charge in [0.1, 0.15) is 11.5 Å². The van der Waals surface area contributed by atoms with Crippen molar-refractivity contribution in [1.29, 1.82) is 0 Å². The summed E-state index contributed by atoms with van der Waals surface area (Å²) in [5.74, 6) is 0.530. The van der Waals surface area contributed by atoms with Gasteiger partial charge in [-0.1, -0.05) is 13.8 Å². The van der Waals surface area contributed by atoms with E-state index in [0.29, 0.717) is 29.2 Å². The Morgan fingerprint density at radius 2 is 1.29 bits per heavy atom. The lowest BCUT2D eigenvalue weighted by atomic mass is 10.1. The lowest BCUT2D eigenvalue weighted by Gasteiger charge is -2.18. The molecule has 0 aromatic heterocycles. The Bertz CT molecular complexity index is 643. The number of nitrogens with two attached hydrogens (primary N) is 3. The Morgan fingerprint density at radius 3 is 1.71 bits per heavy atom. The predicted octanol–water partition coefficient (Wildman–Crippen LogP) is 2.25. The highest BCUT2D eigenvalue weighted by molar-refractivity contribution is 5.47. The third-order valence-electron chi connectivity index (χ3n) is 3.72. The van der Waals surface area contributed by atoms with E-state index >= 15 is 0 Å². The minimum atomic E-state index is 0.205. The van der Waals surface area contributed by atoms with Crippen LogP contribution in [-0.2, 0) is 13.1 Å². The second kappa shape index (κ2) is 9.64. The molecule has 0 aliphatic carbocycles. The molecule has 0 fully saturated rings. The molecule has 0 heterocycles. The van der Waals surface area contributed by atoms with Crippen LogP contribution in [0.1, 0.15) is 25.0 Å². The normalized spacial score (nSPS) is 10.3. The van der Waals surface area contributed by atoms with Crippen LogP contribution in [0, 0.1) is 0 Å². The van der Waals surface area contributed by atoms with E-state index in [1.165, 1.54) is 6.07 Å². The molecule has 8 N–H and O–H groups in total. The third kappa shape index (κ3) is 5.98. The Morgan fingerprint density at radius 1 is 0.833 bits per heavy atom. The zero-order valence-electron chi connectivity index (χ0n) is 14.4. The number of anilines is 2. The quantitative estimate of drug-likeness (QED) is 0.423. The molecule has 0 spiro atoms. The van der Waals surface area contributed by atoms with E-state index in [9.17, 15) is 5.11 Å². The number of nitrogen functional groups attached to an aromatic ring is 2. The molecule has 0 saturated carbocycles. The average Bonchev–Trinajstić information content (AvgIpc) is 2.58. The van der Waals surface area contributed by atoms with Gasteiger partial charge >= 0.3 is 0 Å². The van der Waals surface area contributed by atoms with Gasteiger partial charge in [-0.05, 0) is 49.5 Å². The summed E-state index contributed by atoms with van der Waals surface area (Å²) >= 11 is 0. The fraction of sp³-hybridized carbons (Fsp3) is 0.333. The van der Waals surface area contributed by atoms with Crippen LogP contribution in [0.2, 0.25) is 0 Å². The number of benzene rings is 2. The van der Waals surface area contributed by atoms with E-state index in [-0.39, 0.29) is 5.75 Å². The molecule has 6 heteroatoms. The van der Waals surface area contributed by atoms with E-state index in [1.54, 1.807) is 24.3 Å². The summed E-state index contributed by atoms with van der Waals surface area (Å²) in [6, 6.07) is 10.0. The van der Waals surface area contributed by atoms with Crippen molar-refractivity contribution < 1.29 is 10.2 Å². The molecular formula is C18H28N4O2. The number of hydrogen-bond donors (Lipinski definition) is 5. The molecule has 0 amide bonds. The maximum atomic E-state index is 9.59. The molecular weight excluding hydrogens is 304 g/mol. The fourth-order valence-electron chi connectivity index (χ4n) is 2.19. The Hall–Kier alpha value is -2.44. The first-order valence-electron chi connectivity index (χ1n) is 7.98. The monoisotopic (exact) mass is 332 g/mol. The number of nitrogens with zero attached hydrogens (tertiary/aromatic N) is 1. The van der Waals surface area contributed by atoms with Crippen LogP contribution in [0.3, 0.4) is 0 Å². The largest absolute Gasteiger partial charge is 0.508 e. The van der Waals surface area contributed by atoms with Crippen molar-refractivity contribution in [2.75, 3.05) is 24.6 Å². The average molecular weight is 332 g/mol. The van der Waals surface area contributed by atoms with Gasteiger partial charge in [-0.25, -0.2) is 0 Å². The Balaban J connectivity index is 0.000000254. The van der Waals surface area contributed by atoms with E-state index in [4.69, 9.17) is 22.3 Å². The zero-order chi connectivity index (χ0) is 18.1. The van der Waals surface area contributed by atoms with Crippen LogP contribution in [0.5, 0.6) is 11.5 Å². The van der Waals surface area contributed by atoms with Crippen LogP contribution in [0.25, 0.3) is 0 Å².